The Kier molecular flexibility index (Phi) is 10.9. The van der Waals surface area contributed by atoms with E-state index in [9.17, 15) is 19.5 Å². The van der Waals surface area contributed by atoms with Crippen LogP contribution in [0.3, 0.4) is 0 Å². The Bertz CT molecular complexity index is 1290. The van der Waals surface area contributed by atoms with Crippen LogP contribution >= 0.6 is 0 Å². The molecule has 4 saturated carbocycles. The molecule has 0 aromatic rings. The predicted molar refractivity (Wildman–Crippen MR) is 186 cm³/mol. The molecule has 1 N–H and O–H groups in total. The van der Waals surface area contributed by atoms with Gasteiger partial charge in [-0.05, 0) is 117 Å². The number of carboxylic acids is 1. The van der Waals surface area contributed by atoms with Crippen molar-refractivity contribution in [1.29, 1.82) is 0 Å². The molecule has 9 nitrogen and oxygen atoms in total. The summed E-state index contributed by atoms with van der Waals surface area (Å²) in [5.41, 5.74) is -0.292. The Morgan fingerprint density at radius 3 is 2.27 bits per heavy atom. The Morgan fingerprint density at radius 2 is 1.57 bits per heavy atom. The highest BCUT2D eigenvalue weighted by Crippen LogP contribution is 2.75. The number of carbonyl (C=O) groups excluding carboxylic acids is 2. The fourth-order valence-electron chi connectivity index (χ4n) is 11.7. The van der Waals surface area contributed by atoms with Crippen LogP contribution in [0.4, 0.5) is 0 Å². The third-order valence-electron chi connectivity index (χ3n) is 14.9. The molecule has 0 aromatic carbocycles. The summed E-state index contributed by atoms with van der Waals surface area (Å²) in [7, 11) is 1.63. The van der Waals surface area contributed by atoms with E-state index >= 15 is 0 Å². The Morgan fingerprint density at radius 1 is 0.898 bits per heavy atom. The zero-order chi connectivity index (χ0) is 36.0. The lowest BCUT2D eigenvalue weighted by Gasteiger charge is -2.70. The molecule has 5 rings (SSSR count). The summed E-state index contributed by atoms with van der Waals surface area (Å²) < 4.78 is 27.9. The first-order valence-corrected chi connectivity index (χ1v) is 18.8. The van der Waals surface area contributed by atoms with Gasteiger partial charge in [0, 0.05) is 13.0 Å². The van der Waals surface area contributed by atoms with Gasteiger partial charge >= 0.3 is 11.9 Å². The number of hydrogen-bond acceptors (Lipinski definition) is 8. The fraction of sp³-hybridized carbons (Fsp3) is 0.875. The maximum atomic E-state index is 14.6. The van der Waals surface area contributed by atoms with E-state index in [1.807, 2.05) is 19.9 Å². The number of rotatable bonds is 13. The molecule has 5 aliphatic carbocycles. The highest BCUT2D eigenvalue weighted by molar-refractivity contribution is 5.95. The van der Waals surface area contributed by atoms with Crippen molar-refractivity contribution in [1.82, 2.24) is 0 Å². The molecule has 5 aliphatic rings. The van der Waals surface area contributed by atoms with E-state index in [4.69, 9.17) is 23.7 Å². The third-order valence-corrected chi connectivity index (χ3v) is 14.9. The number of fused-ring (bicyclic) bond motifs is 7. The molecule has 4 fully saturated rings. The van der Waals surface area contributed by atoms with E-state index in [1.54, 1.807) is 7.11 Å². The molecule has 0 radical (unpaired) electrons. The summed E-state index contributed by atoms with van der Waals surface area (Å²) in [5.74, 6) is -0.606. The second-order valence-corrected chi connectivity index (χ2v) is 18.2. The third kappa shape index (κ3) is 6.68. The van der Waals surface area contributed by atoms with Crippen LogP contribution < -0.4 is 0 Å². The predicted octanol–water partition coefficient (Wildman–Crippen LogP) is 7.05. The van der Waals surface area contributed by atoms with Crippen molar-refractivity contribution in [2.24, 2.45) is 50.2 Å². The van der Waals surface area contributed by atoms with Gasteiger partial charge in [0.15, 0.2) is 5.78 Å². The standard InChI is InChI=1S/C40H64O9/c1-26(24-47-21-20-46-19-18-45-9)49-32(42)25-48-31-11-12-38(6)30(35(31,2)3)10-13-40(8)33(38)29(41)22-27-28-23-37(5,34(43)44)15-14-36(28,4)16-17-39(27,40)7/h22,26,28,30-31,33H,10-21,23-25H2,1-9H3,(H,43,44)/t26?,28-,30-,31-,33+,36+,37-,38-,39+,40+/m0/s1. The van der Waals surface area contributed by atoms with Gasteiger partial charge in [0.2, 0.25) is 0 Å². The Balaban J connectivity index is 1.26. The van der Waals surface area contributed by atoms with Crippen LogP contribution in [0.25, 0.3) is 0 Å². The smallest absolute Gasteiger partial charge is 0.332 e. The summed E-state index contributed by atoms with van der Waals surface area (Å²) in [4.78, 5) is 39.8. The van der Waals surface area contributed by atoms with Gasteiger partial charge in [-0.15, -0.1) is 0 Å². The first-order chi connectivity index (χ1) is 22.9. The molecule has 0 aliphatic heterocycles. The minimum Gasteiger partial charge on any atom is -0.481 e. The van der Waals surface area contributed by atoms with Gasteiger partial charge in [0.25, 0.3) is 0 Å². The minimum absolute atomic E-state index is 0.0350. The molecule has 278 valence electrons. The van der Waals surface area contributed by atoms with Crippen LogP contribution in [0.15, 0.2) is 11.6 Å². The van der Waals surface area contributed by atoms with Crippen LogP contribution in [-0.4, -0.2) is 81.8 Å². The van der Waals surface area contributed by atoms with Gasteiger partial charge in [0.05, 0.1) is 44.6 Å². The average Bonchev–Trinajstić information content (AvgIpc) is 3.01. The second kappa shape index (κ2) is 14.0. The van der Waals surface area contributed by atoms with Crippen LogP contribution in [0.5, 0.6) is 0 Å². The molecule has 0 saturated heterocycles. The zero-order valence-electron chi connectivity index (χ0n) is 31.8. The average molecular weight is 689 g/mol. The number of esters is 1. The Hall–Kier alpha value is -1.81. The monoisotopic (exact) mass is 688 g/mol. The molecule has 1 unspecified atom stereocenters. The molecule has 49 heavy (non-hydrogen) atoms. The van der Waals surface area contributed by atoms with Crippen LogP contribution in [0, 0.1) is 50.2 Å². The van der Waals surface area contributed by atoms with Crippen LogP contribution in [0.2, 0.25) is 0 Å². The highest BCUT2D eigenvalue weighted by atomic mass is 16.6. The number of carbonyl (C=O) groups is 3. The van der Waals surface area contributed by atoms with Crippen molar-refractivity contribution < 1.29 is 43.2 Å². The fourth-order valence-corrected chi connectivity index (χ4v) is 11.7. The number of hydrogen-bond donors (Lipinski definition) is 1. The summed E-state index contributed by atoms with van der Waals surface area (Å²) in [6.07, 6.45) is 9.40. The molecular formula is C40H64O9. The van der Waals surface area contributed by atoms with Crippen molar-refractivity contribution >= 4 is 17.7 Å². The Labute approximate surface area is 294 Å². The van der Waals surface area contributed by atoms with E-state index in [2.05, 4.69) is 41.5 Å². The maximum absolute atomic E-state index is 14.6. The van der Waals surface area contributed by atoms with Gasteiger partial charge in [0.1, 0.15) is 12.7 Å². The molecular weight excluding hydrogens is 624 g/mol. The largest absolute Gasteiger partial charge is 0.481 e. The molecule has 10 atom stereocenters. The maximum Gasteiger partial charge on any atom is 0.332 e. The lowest BCUT2D eigenvalue weighted by molar-refractivity contribution is -0.211. The quantitative estimate of drug-likeness (QED) is 0.161. The van der Waals surface area contributed by atoms with E-state index in [0.29, 0.717) is 39.3 Å². The number of carboxylic acid groups (broad SMARTS) is 1. The lowest BCUT2D eigenvalue weighted by Crippen LogP contribution is -2.66. The molecule has 0 aromatic heterocycles. The molecule has 0 bridgehead atoms. The van der Waals surface area contributed by atoms with E-state index in [-0.39, 0.29) is 69.9 Å². The summed E-state index contributed by atoms with van der Waals surface area (Å²) in [6.45, 7) is 19.8. The van der Waals surface area contributed by atoms with E-state index < -0.39 is 23.5 Å². The van der Waals surface area contributed by atoms with Crippen LogP contribution in [0.1, 0.15) is 113 Å². The van der Waals surface area contributed by atoms with Crippen molar-refractivity contribution in [3.05, 3.63) is 11.6 Å². The van der Waals surface area contributed by atoms with Gasteiger partial charge in [-0.2, -0.15) is 0 Å². The van der Waals surface area contributed by atoms with E-state index in [0.717, 1.165) is 44.9 Å². The van der Waals surface area contributed by atoms with Crippen molar-refractivity contribution in [3.63, 3.8) is 0 Å². The minimum atomic E-state index is -0.756. The summed E-state index contributed by atoms with van der Waals surface area (Å²) in [6, 6.07) is 0. The SMILES string of the molecule is COCCOCCOCC(C)OC(=O)CO[C@H]1CC[C@]2(C)[C@H]3C(=O)C=C4[C@@H]5C[C@@](C)(C(=O)O)CC[C@]5(C)CC[C@@]4(C)[C@]3(C)CC[C@H]2C1(C)C. The van der Waals surface area contributed by atoms with Gasteiger partial charge in [-0.3, -0.25) is 9.59 Å². The first kappa shape index (κ1) is 38.4. The highest BCUT2D eigenvalue weighted by Gasteiger charge is 2.70. The number of aliphatic carboxylic acids is 1. The normalized spacial score (nSPS) is 41.7. The first-order valence-electron chi connectivity index (χ1n) is 18.8. The van der Waals surface area contributed by atoms with Gasteiger partial charge < -0.3 is 28.8 Å². The van der Waals surface area contributed by atoms with Crippen molar-refractivity contribution in [3.8, 4) is 0 Å². The number of allylic oxidation sites excluding steroid dienone is 2. The molecule has 0 heterocycles. The number of methoxy groups -OCH3 is 1. The van der Waals surface area contributed by atoms with Crippen LogP contribution in [-0.2, 0) is 38.1 Å². The number of ketones is 1. The lowest BCUT2D eigenvalue weighted by atomic mass is 9.33. The topological polar surface area (TPSA) is 118 Å². The summed E-state index contributed by atoms with van der Waals surface area (Å²) >= 11 is 0. The molecule has 0 amide bonds. The molecule has 9 heteroatoms. The second-order valence-electron chi connectivity index (χ2n) is 18.2. The van der Waals surface area contributed by atoms with Gasteiger partial charge in [-0.1, -0.05) is 47.1 Å². The van der Waals surface area contributed by atoms with Gasteiger partial charge in [-0.25, -0.2) is 4.79 Å². The molecule has 0 spiro atoms. The van der Waals surface area contributed by atoms with E-state index in [1.165, 1.54) is 5.57 Å². The zero-order valence-corrected chi connectivity index (χ0v) is 31.8. The number of ether oxygens (including phenoxy) is 5. The van der Waals surface area contributed by atoms with Crippen molar-refractivity contribution in [2.45, 2.75) is 125 Å². The van der Waals surface area contributed by atoms with Crippen molar-refractivity contribution in [2.75, 3.05) is 46.8 Å². The summed E-state index contributed by atoms with van der Waals surface area (Å²) in [5, 5.41) is 10.2.